The Hall–Kier alpha value is -1.20. The molecule has 0 spiro atoms. The summed E-state index contributed by atoms with van der Waals surface area (Å²) in [6.07, 6.45) is 0.923. The highest BCUT2D eigenvalue weighted by Crippen LogP contribution is 2.21. The van der Waals surface area contributed by atoms with Crippen LogP contribution in [0.15, 0.2) is 12.1 Å². The number of rotatable bonds is 2. The van der Waals surface area contributed by atoms with E-state index in [0.29, 0.717) is 0 Å². The van der Waals surface area contributed by atoms with Gasteiger partial charge in [-0.15, -0.1) is 0 Å². The van der Waals surface area contributed by atoms with Gasteiger partial charge in [-0.1, -0.05) is 18.5 Å². The third-order valence-corrected chi connectivity index (χ3v) is 4.06. The quantitative estimate of drug-likeness (QED) is 0.825. The van der Waals surface area contributed by atoms with Crippen LogP contribution in [0.25, 0.3) is 0 Å². The molecule has 3 nitrogen and oxygen atoms in total. The zero-order valence-corrected chi connectivity index (χ0v) is 12.1. The van der Waals surface area contributed by atoms with Crippen LogP contribution in [-0.4, -0.2) is 24.5 Å². The highest BCUT2D eigenvalue weighted by Gasteiger charge is 2.29. The largest absolute Gasteiger partial charge is 0.347 e. The number of hydrogen-bond donors (Lipinski definition) is 2. The molecule has 1 aliphatic heterocycles. The van der Waals surface area contributed by atoms with Gasteiger partial charge in [0.2, 0.25) is 0 Å². The molecular formula is C14H17ClF2N2O. The third-order valence-electron chi connectivity index (χ3n) is 3.77. The van der Waals surface area contributed by atoms with E-state index in [-0.39, 0.29) is 28.6 Å². The van der Waals surface area contributed by atoms with Crippen molar-refractivity contribution in [1.82, 2.24) is 10.6 Å². The molecular weight excluding hydrogens is 286 g/mol. The molecule has 1 aromatic carbocycles. The zero-order valence-electron chi connectivity index (χ0n) is 11.3. The topological polar surface area (TPSA) is 41.1 Å². The van der Waals surface area contributed by atoms with Crippen molar-refractivity contribution in [2.24, 2.45) is 5.92 Å². The van der Waals surface area contributed by atoms with Crippen LogP contribution in [0.3, 0.4) is 0 Å². The summed E-state index contributed by atoms with van der Waals surface area (Å²) in [6, 6.07) is 1.62. The summed E-state index contributed by atoms with van der Waals surface area (Å²) < 4.78 is 27.1. The van der Waals surface area contributed by atoms with Crippen molar-refractivity contribution in [2.75, 3.05) is 6.54 Å². The molecule has 0 aromatic heterocycles. The molecule has 3 atom stereocenters. The van der Waals surface area contributed by atoms with E-state index in [1.807, 2.05) is 13.8 Å². The van der Waals surface area contributed by atoms with Crippen LogP contribution < -0.4 is 10.6 Å². The van der Waals surface area contributed by atoms with Crippen molar-refractivity contribution in [1.29, 1.82) is 0 Å². The maximum Gasteiger partial charge on any atom is 0.254 e. The lowest BCUT2D eigenvalue weighted by molar-refractivity contribution is 0.0893. The zero-order chi connectivity index (χ0) is 14.9. The molecule has 0 bridgehead atoms. The number of carbonyl (C=O) groups is 1. The van der Waals surface area contributed by atoms with Gasteiger partial charge in [0.15, 0.2) is 0 Å². The van der Waals surface area contributed by atoms with E-state index in [2.05, 4.69) is 10.6 Å². The molecule has 0 aliphatic carbocycles. The second-order valence-corrected chi connectivity index (χ2v) is 5.66. The van der Waals surface area contributed by atoms with Gasteiger partial charge in [-0.3, -0.25) is 4.79 Å². The Morgan fingerprint density at radius 2 is 2.05 bits per heavy atom. The number of benzene rings is 1. The standard InChI is InChI=1S/C14H17ClF2N2O/c1-7-3-4-18-8(2)13(7)19-14(20)9-5-12(17)10(15)6-11(9)16/h5-8,13,18H,3-4H2,1-2H3,(H,19,20). The Balaban J connectivity index is 2.17. The number of halogens is 3. The summed E-state index contributed by atoms with van der Waals surface area (Å²) in [6.45, 7) is 4.87. The molecule has 1 amide bonds. The van der Waals surface area contributed by atoms with Crippen LogP contribution >= 0.6 is 11.6 Å². The monoisotopic (exact) mass is 302 g/mol. The molecule has 3 unspecified atom stereocenters. The lowest BCUT2D eigenvalue weighted by Crippen LogP contribution is -2.56. The number of hydrogen-bond acceptors (Lipinski definition) is 2. The molecule has 0 saturated carbocycles. The van der Waals surface area contributed by atoms with Gasteiger partial charge in [0.05, 0.1) is 10.6 Å². The Labute approximate surface area is 121 Å². The van der Waals surface area contributed by atoms with Crippen LogP contribution in [0.4, 0.5) is 8.78 Å². The molecule has 1 fully saturated rings. The van der Waals surface area contributed by atoms with E-state index in [4.69, 9.17) is 11.6 Å². The summed E-state index contributed by atoms with van der Waals surface area (Å²) in [5, 5.41) is 5.69. The molecule has 1 saturated heterocycles. The van der Waals surface area contributed by atoms with Gasteiger partial charge in [-0.05, 0) is 37.9 Å². The van der Waals surface area contributed by atoms with Crippen molar-refractivity contribution < 1.29 is 13.6 Å². The van der Waals surface area contributed by atoms with Gasteiger partial charge < -0.3 is 10.6 Å². The molecule has 110 valence electrons. The van der Waals surface area contributed by atoms with Crippen LogP contribution in [0.2, 0.25) is 5.02 Å². The van der Waals surface area contributed by atoms with Crippen molar-refractivity contribution in [3.05, 3.63) is 34.4 Å². The van der Waals surface area contributed by atoms with E-state index < -0.39 is 17.5 Å². The minimum Gasteiger partial charge on any atom is -0.347 e. The molecule has 2 rings (SSSR count). The van der Waals surface area contributed by atoms with Gasteiger partial charge in [-0.2, -0.15) is 0 Å². The average Bonchev–Trinajstić information content (AvgIpc) is 2.38. The molecule has 2 N–H and O–H groups in total. The van der Waals surface area contributed by atoms with Crippen molar-refractivity contribution in [3.63, 3.8) is 0 Å². The van der Waals surface area contributed by atoms with Crippen LogP contribution in [0.5, 0.6) is 0 Å². The van der Waals surface area contributed by atoms with Crippen molar-refractivity contribution >= 4 is 17.5 Å². The molecule has 1 aliphatic rings. The van der Waals surface area contributed by atoms with Crippen LogP contribution in [-0.2, 0) is 0 Å². The second kappa shape index (κ2) is 6.06. The van der Waals surface area contributed by atoms with E-state index in [1.54, 1.807) is 0 Å². The number of carbonyl (C=O) groups excluding carboxylic acids is 1. The lowest BCUT2D eigenvalue weighted by atomic mass is 9.89. The minimum absolute atomic E-state index is 0.0860. The van der Waals surface area contributed by atoms with Gasteiger partial charge in [0.1, 0.15) is 11.6 Å². The third kappa shape index (κ3) is 3.10. The second-order valence-electron chi connectivity index (χ2n) is 5.25. The summed E-state index contributed by atoms with van der Waals surface area (Å²) in [7, 11) is 0. The van der Waals surface area contributed by atoms with E-state index >= 15 is 0 Å². The normalized spacial score (nSPS) is 26.4. The van der Waals surface area contributed by atoms with Gasteiger partial charge in [0, 0.05) is 12.1 Å². The fourth-order valence-electron chi connectivity index (χ4n) is 2.53. The van der Waals surface area contributed by atoms with Crippen molar-refractivity contribution in [3.8, 4) is 0 Å². The minimum atomic E-state index is -0.821. The Kier molecular flexibility index (Phi) is 4.60. The molecule has 20 heavy (non-hydrogen) atoms. The fraction of sp³-hybridized carbons (Fsp3) is 0.500. The Morgan fingerprint density at radius 3 is 2.70 bits per heavy atom. The number of piperidine rings is 1. The highest BCUT2D eigenvalue weighted by atomic mass is 35.5. The van der Waals surface area contributed by atoms with E-state index in [9.17, 15) is 13.6 Å². The van der Waals surface area contributed by atoms with Crippen LogP contribution in [0.1, 0.15) is 30.6 Å². The van der Waals surface area contributed by atoms with Gasteiger partial charge in [-0.25, -0.2) is 8.78 Å². The molecule has 6 heteroatoms. The molecule has 1 heterocycles. The Morgan fingerprint density at radius 1 is 1.35 bits per heavy atom. The first-order valence-corrected chi connectivity index (χ1v) is 6.96. The first kappa shape index (κ1) is 15.2. The van der Waals surface area contributed by atoms with E-state index in [1.165, 1.54) is 0 Å². The predicted molar refractivity (Wildman–Crippen MR) is 73.9 cm³/mol. The predicted octanol–water partition coefficient (Wildman–Crippen LogP) is 2.73. The number of amides is 1. The van der Waals surface area contributed by atoms with Crippen LogP contribution in [0, 0.1) is 17.6 Å². The summed E-state index contributed by atoms with van der Waals surface area (Å²) in [4.78, 5) is 12.1. The SMILES string of the molecule is CC1CCNC(C)C1NC(=O)c1cc(F)c(Cl)cc1F. The van der Waals surface area contributed by atoms with E-state index in [0.717, 1.165) is 25.1 Å². The van der Waals surface area contributed by atoms with Gasteiger partial charge in [0.25, 0.3) is 5.91 Å². The summed E-state index contributed by atoms with van der Waals surface area (Å²) in [5.74, 6) is -1.97. The van der Waals surface area contributed by atoms with Crippen molar-refractivity contribution in [2.45, 2.75) is 32.4 Å². The first-order valence-electron chi connectivity index (χ1n) is 6.59. The summed E-state index contributed by atoms with van der Waals surface area (Å²) >= 11 is 5.47. The smallest absolute Gasteiger partial charge is 0.254 e. The maximum absolute atomic E-state index is 13.7. The molecule has 0 radical (unpaired) electrons. The Bertz CT molecular complexity index is 514. The number of nitrogens with one attached hydrogen (secondary N) is 2. The average molecular weight is 303 g/mol. The lowest BCUT2D eigenvalue weighted by Gasteiger charge is -2.36. The summed E-state index contributed by atoms with van der Waals surface area (Å²) in [5.41, 5.74) is -0.322. The fourth-order valence-corrected chi connectivity index (χ4v) is 2.68. The maximum atomic E-state index is 13.7. The van der Waals surface area contributed by atoms with Gasteiger partial charge >= 0.3 is 0 Å². The first-order chi connectivity index (χ1) is 9.40. The highest BCUT2D eigenvalue weighted by molar-refractivity contribution is 6.30. The molecule has 1 aromatic rings.